The Balaban J connectivity index is 1.68. The van der Waals surface area contributed by atoms with Crippen LogP contribution >= 0.6 is 39.3 Å². The van der Waals surface area contributed by atoms with Gasteiger partial charge in [-0.2, -0.15) is 0 Å². The van der Waals surface area contributed by atoms with Crippen LogP contribution in [-0.2, 0) is 11.3 Å². The number of allylic oxidation sites excluding steroid dienone is 1. The number of carbonyl (C=O) groups is 2. The van der Waals surface area contributed by atoms with Crippen LogP contribution < -0.4 is 10.6 Å². The smallest absolute Gasteiger partial charge is 0.251 e. The lowest BCUT2D eigenvalue weighted by Crippen LogP contribution is -2.28. The Hall–Kier alpha value is -2.62. The normalized spacial score (nSPS) is 11.7. The molecule has 2 N–H and O–H groups in total. The van der Waals surface area contributed by atoms with E-state index in [-0.39, 0.29) is 17.6 Å². The van der Waals surface area contributed by atoms with E-state index in [9.17, 15) is 9.59 Å². The second-order valence-electron chi connectivity index (χ2n) is 7.69. The van der Waals surface area contributed by atoms with Crippen molar-refractivity contribution in [2.24, 2.45) is 0 Å². The molecule has 0 aliphatic rings. The largest absolute Gasteiger partial charge is 0.342 e. The Morgan fingerprint density at radius 2 is 1.85 bits per heavy atom. The predicted molar refractivity (Wildman–Crippen MR) is 141 cm³/mol. The Bertz CT molecular complexity index is 1190. The molecule has 10 heteroatoms. The fraction of sp³-hybridized carbons (Fsp3) is 0.250. The highest BCUT2D eigenvalue weighted by Gasteiger charge is 2.21. The molecule has 2 amide bonds. The van der Waals surface area contributed by atoms with Crippen LogP contribution in [0.15, 0.2) is 58.7 Å². The third kappa shape index (κ3) is 6.49. The van der Waals surface area contributed by atoms with Gasteiger partial charge in [-0.25, -0.2) is 0 Å². The molecule has 34 heavy (non-hydrogen) atoms. The molecule has 3 rings (SSSR count). The Labute approximate surface area is 216 Å². The van der Waals surface area contributed by atoms with Gasteiger partial charge in [0.05, 0.1) is 11.8 Å². The van der Waals surface area contributed by atoms with Crippen LogP contribution in [0.1, 0.15) is 40.3 Å². The van der Waals surface area contributed by atoms with Crippen LogP contribution in [0.2, 0.25) is 5.02 Å². The summed E-state index contributed by atoms with van der Waals surface area (Å²) in [5.74, 6) is 0.351. The van der Waals surface area contributed by atoms with Crippen molar-refractivity contribution in [2.45, 2.75) is 38.5 Å². The van der Waals surface area contributed by atoms with Gasteiger partial charge >= 0.3 is 0 Å². The minimum absolute atomic E-state index is 0.141. The first-order valence-corrected chi connectivity index (χ1v) is 12.6. The number of thioether (sulfide) groups is 1. The van der Waals surface area contributed by atoms with E-state index in [0.29, 0.717) is 28.1 Å². The molecule has 1 aromatic heterocycles. The zero-order chi connectivity index (χ0) is 24.8. The van der Waals surface area contributed by atoms with E-state index < -0.39 is 6.04 Å². The van der Waals surface area contributed by atoms with Crippen LogP contribution in [0.5, 0.6) is 0 Å². The number of rotatable bonds is 9. The lowest BCUT2D eigenvalue weighted by Gasteiger charge is -2.15. The number of anilines is 1. The monoisotopic (exact) mass is 561 g/mol. The molecule has 2 aromatic carbocycles. The number of aryl methyl sites for hydroxylation is 2. The van der Waals surface area contributed by atoms with Crippen molar-refractivity contribution in [2.75, 3.05) is 11.1 Å². The summed E-state index contributed by atoms with van der Waals surface area (Å²) in [7, 11) is 0. The highest BCUT2D eigenvalue weighted by molar-refractivity contribution is 9.10. The number of carbonyl (C=O) groups excluding carboxylic acids is 2. The molecule has 0 saturated heterocycles. The number of nitrogens with zero attached hydrogens (tertiary/aromatic N) is 3. The lowest BCUT2D eigenvalue weighted by molar-refractivity contribution is -0.113. The number of amides is 2. The van der Waals surface area contributed by atoms with Gasteiger partial charge in [-0.1, -0.05) is 45.4 Å². The molecule has 0 aliphatic heterocycles. The van der Waals surface area contributed by atoms with E-state index in [2.05, 4.69) is 43.3 Å². The van der Waals surface area contributed by atoms with Gasteiger partial charge in [-0.05, 0) is 68.3 Å². The molecule has 7 nitrogen and oxygen atoms in total. The van der Waals surface area contributed by atoms with E-state index in [4.69, 9.17) is 11.6 Å². The Morgan fingerprint density at radius 1 is 1.21 bits per heavy atom. The first kappa shape index (κ1) is 26.0. The molecule has 0 unspecified atom stereocenters. The predicted octanol–water partition coefficient (Wildman–Crippen LogP) is 5.72. The van der Waals surface area contributed by atoms with Gasteiger partial charge in [0.2, 0.25) is 5.91 Å². The zero-order valence-electron chi connectivity index (χ0n) is 19.1. The van der Waals surface area contributed by atoms with E-state index in [1.165, 1.54) is 11.8 Å². The maximum atomic E-state index is 12.6. The van der Waals surface area contributed by atoms with Crippen molar-refractivity contribution >= 4 is 56.8 Å². The molecule has 3 aromatic rings. The molecule has 0 fully saturated rings. The molecule has 0 spiro atoms. The second-order valence-corrected chi connectivity index (χ2v) is 9.99. The second kappa shape index (κ2) is 11.7. The summed E-state index contributed by atoms with van der Waals surface area (Å²) in [5, 5.41) is 15.6. The molecule has 1 heterocycles. The fourth-order valence-corrected chi connectivity index (χ4v) is 4.95. The third-order valence-corrected chi connectivity index (χ3v) is 6.67. The molecule has 0 radical (unpaired) electrons. The Morgan fingerprint density at radius 3 is 2.47 bits per heavy atom. The van der Waals surface area contributed by atoms with Gasteiger partial charge in [0.1, 0.15) is 0 Å². The van der Waals surface area contributed by atoms with Crippen molar-refractivity contribution in [3.05, 3.63) is 81.1 Å². The fourth-order valence-electron chi connectivity index (χ4n) is 3.39. The average molecular weight is 563 g/mol. The number of hydrogen-bond acceptors (Lipinski definition) is 5. The standard InChI is InChI=1S/C24H25BrClN5O2S/c1-5-10-31-22(16(4)27-23(33)17-6-8-19(26)9-7-17)29-30-24(31)34-13-20(32)28-21-14(2)11-18(25)12-15(21)3/h5-9,11-12,16H,1,10,13H2,2-4H3,(H,27,33)(H,28,32)/t16-/m0/s1. The molecule has 178 valence electrons. The van der Waals surface area contributed by atoms with Crippen LogP contribution in [0.25, 0.3) is 0 Å². The van der Waals surface area contributed by atoms with Crippen LogP contribution in [0.3, 0.4) is 0 Å². The molecule has 0 bridgehead atoms. The van der Waals surface area contributed by atoms with Crippen molar-refractivity contribution in [1.82, 2.24) is 20.1 Å². The third-order valence-electron chi connectivity index (χ3n) is 4.99. The summed E-state index contributed by atoms with van der Waals surface area (Å²) in [6.45, 7) is 9.98. The quantitative estimate of drug-likeness (QED) is 0.257. The summed E-state index contributed by atoms with van der Waals surface area (Å²) < 4.78 is 2.81. The summed E-state index contributed by atoms with van der Waals surface area (Å²) in [5.41, 5.74) is 3.26. The molecule has 0 aliphatic carbocycles. The maximum absolute atomic E-state index is 12.6. The average Bonchev–Trinajstić information content (AvgIpc) is 3.18. The van der Waals surface area contributed by atoms with Crippen molar-refractivity contribution < 1.29 is 9.59 Å². The molecular formula is C24H25BrClN5O2S. The highest BCUT2D eigenvalue weighted by Crippen LogP contribution is 2.26. The number of halogens is 2. The van der Waals surface area contributed by atoms with Gasteiger partial charge in [0, 0.05) is 27.3 Å². The van der Waals surface area contributed by atoms with Gasteiger partial charge in [0.25, 0.3) is 5.91 Å². The summed E-state index contributed by atoms with van der Waals surface area (Å²) in [6, 6.07) is 10.2. The van der Waals surface area contributed by atoms with Crippen molar-refractivity contribution in [1.29, 1.82) is 0 Å². The van der Waals surface area contributed by atoms with E-state index in [0.717, 1.165) is 21.3 Å². The van der Waals surface area contributed by atoms with Gasteiger partial charge < -0.3 is 15.2 Å². The number of aromatic nitrogens is 3. The maximum Gasteiger partial charge on any atom is 0.251 e. The molecular weight excluding hydrogens is 538 g/mol. The van der Waals surface area contributed by atoms with Gasteiger partial charge in [0.15, 0.2) is 11.0 Å². The minimum Gasteiger partial charge on any atom is -0.342 e. The Kier molecular flexibility index (Phi) is 8.93. The van der Waals surface area contributed by atoms with Crippen molar-refractivity contribution in [3.63, 3.8) is 0 Å². The zero-order valence-corrected chi connectivity index (χ0v) is 22.2. The van der Waals surface area contributed by atoms with Gasteiger partial charge in [-0.3, -0.25) is 9.59 Å². The first-order valence-electron chi connectivity index (χ1n) is 10.5. The number of nitrogens with one attached hydrogen (secondary N) is 2. The first-order chi connectivity index (χ1) is 16.2. The minimum atomic E-state index is -0.410. The van der Waals surface area contributed by atoms with Crippen LogP contribution in [0, 0.1) is 13.8 Å². The summed E-state index contributed by atoms with van der Waals surface area (Å²) in [4.78, 5) is 25.2. The SMILES string of the molecule is C=CCn1c(SCC(=O)Nc2c(C)cc(Br)cc2C)nnc1[C@H](C)NC(=O)c1ccc(Cl)cc1. The number of benzene rings is 2. The summed E-state index contributed by atoms with van der Waals surface area (Å²) in [6.07, 6.45) is 1.72. The lowest BCUT2D eigenvalue weighted by atomic mass is 10.1. The number of hydrogen-bond donors (Lipinski definition) is 2. The molecule has 1 atom stereocenters. The van der Waals surface area contributed by atoms with E-state index in [1.54, 1.807) is 30.3 Å². The summed E-state index contributed by atoms with van der Waals surface area (Å²) >= 11 is 10.6. The highest BCUT2D eigenvalue weighted by atomic mass is 79.9. The molecule has 0 saturated carbocycles. The van der Waals surface area contributed by atoms with E-state index in [1.807, 2.05) is 37.5 Å². The van der Waals surface area contributed by atoms with Crippen LogP contribution in [-0.4, -0.2) is 32.3 Å². The van der Waals surface area contributed by atoms with E-state index >= 15 is 0 Å². The topological polar surface area (TPSA) is 88.9 Å². The van der Waals surface area contributed by atoms with Crippen molar-refractivity contribution in [3.8, 4) is 0 Å². The van der Waals surface area contributed by atoms with Gasteiger partial charge in [-0.15, -0.1) is 16.8 Å². The van der Waals surface area contributed by atoms with Crippen LogP contribution in [0.4, 0.5) is 5.69 Å².